The predicted molar refractivity (Wildman–Crippen MR) is 126 cm³/mol. The highest BCUT2D eigenvalue weighted by Crippen LogP contribution is 2.40. The second-order valence-electron chi connectivity index (χ2n) is 8.77. The minimum Gasteiger partial charge on any atom is -0.494 e. The van der Waals surface area contributed by atoms with Crippen LogP contribution in [0.5, 0.6) is 17.6 Å². The molecule has 1 amide bonds. The Balaban J connectivity index is 1.15. The van der Waals surface area contributed by atoms with E-state index >= 15 is 0 Å². The highest BCUT2D eigenvalue weighted by Gasteiger charge is 2.26. The van der Waals surface area contributed by atoms with E-state index in [1.54, 1.807) is 23.2 Å². The maximum absolute atomic E-state index is 12.6. The van der Waals surface area contributed by atoms with Gasteiger partial charge in [0.2, 0.25) is 17.6 Å². The Labute approximate surface area is 198 Å². The highest BCUT2D eigenvalue weighted by molar-refractivity contribution is 5.70. The number of aromatic nitrogens is 3. The molecule has 9 nitrogen and oxygen atoms in total. The molecule has 0 spiro atoms. The van der Waals surface area contributed by atoms with Crippen molar-refractivity contribution in [3.05, 3.63) is 59.5 Å². The van der Waals surface area contributed by atoms with Crippen molar-refractivity contribution in [3.8, 4) is 23.3 Å². The standard InChI is InChI=1S/C25H29N5O4/c31-23-20-6-1-2-7-21(20)24(32)30(23)19-8-9-22(27-17-19)34-25(33)29-15-13-28(14-16-29)12-10-18-5-3-4-11-26-18/h3-5,8-9,11,17,31-32H,1-2,6-7,10,12-16H2. The molecule has 3 aromatic heterocycles. The van der Waals surface area contributed by atoms with Gasteiger partial charge in [-0.3, -0.25) is 9.88 Å². The molecule has 0 radical (unpaired) electrons. The number of hydrogen-bond acceptors (Lipinski definition) is 7. The second kappa shape index (κ2) is 9.72. The molecule has 1 aliphatic carbocycles. The molecule has 9 heteroatoms. The SMILES string of the molecule is O=C(Oc1ccc(-n2c(O)c3c(c2O)CCCC3)cn1)N1CCN(CCc2ccccn2)CC1. The van der Waals surface area contributed by atoms with E-state index in [0.717, 1.165) is 68.6 Å². The third kappa shape index (κ3) is 4.56. The van der Waals surface area contributed by atoms with E-state index in [-0.39, 0.29) is 17.6 Å². The lowest BCUT2D eigenvalue weighted by molar-refractivity contribution is 0.110. The lowest BCUT2D eigenvalue weighted by atomic mass is 9.95. The molecule has 4 heterocycles. The number of ether oxygens (including phenoxy) is 1. The van der Waals surface area contributed by atoms with Crippen molar-refractivity contribution in [1.82, 2.24) is 24.3 Å². The number of aromatic hydroxyl groups is 2. The summed E-state index contributed by atoms with van der Waals surface area (Å²) < 4.78 is 6.87. The highest BCUT2D eigenvalue weighted by atomic mass is 16.6. The summed E-state index contributed by atoms with van der Waals surface area (Å²) in [6.07, 6.45) is 7.25. The van der Waals surface area contributed by atoms with E-state index in [1.165, 1.54) is 10.8 Å². The molecule has 0 unspecified atom stereocenters. The molecule has 2 N–H and O–H groups in total. The van der Waals surface area contributed by atoms with Gasteiger partial charge in [-0.2, -0.15) is 0 Å². The van der Waals surface area contributed by atoms with Gasteiger partial charge in [0.25, 0.3) is 0 Å². The van der Waals surface area contributed by atoms with Crippen LogP contribution in [0.4, 0.5) is 4.79 Å². The zero-order valence-electron chi connectivity index (χ0n) is 19.1. The fraction of sp³-hybridized carbons (Fsp3) is 0.400. The molecule has 1 fully saturated rings. The molecular formula is C25H29N5O4. The van der Waals surface area contributed by atoms with Gasteiger partial charge in [0.05, 0.1) is 11.9 Å². The maximum atomic E-state index is 12.6. The molecule has 0 atom stereocenters. The smallest absolute Gasteiger partial charge is 0.416 e. The molecule has 1 saturated heterocycles. The average molecular weight is 464 g/mol. The Bertz CT molecular complexity index is 1110. The van der Waals surface area contributed by atoms with Crippen molar-refractivity contribution >= 4 is 6.09 Å². The summed E-state index contributed by atoms with van der Waals surface area (Å²) in [6.45, 7) is 3.66. The first kappa shape index (κ1) is 22.2. The van der Waals surface area contributed by atoms with Gasteiger partial charge in [0.15, 0.2) is 0 Å². The minimum absolute atomic E-state index is 0.0552. The van der Waals surface area contributed by atoms with Crippen LogP contribution in [0.2, 0.25) is 0 Å². The lowest BCUT2D eigenvalue weighted by Crippen LogP contribution is -2.50. The summed E-state index contributed by atoms with van der Waals surface area (Å²) in [4.78, 5) is 25.2. The lowest BCUT2D eigenvalue weighted by Gasteiger charge is -2.33. The number of rotatable bonds is 5. The summed E-state index contributed by atoms with van der Waals surface area (Å²) in [5.74, 6) is 0.293. The molecule has 5 rings (SSSR count). The summed E-state index contributed by atoms with van der Waals surface area (Å²) in [6, 6.07) is 9.19. The molecule has 0 bridgehead atoms. The number of pyridine rings is 2. The molecule has 3 aromatic rings. The van der Waals surface area contributed by atoms with Gasteiger partial charge in [-0.15, -0.1) is 0 Å². The van der Waals surface area contributed by atoms with Crippen LogP contribution in [0.3, 0.4) is 0 Å². The number of carbonyl (C=O) groups is 1. The van der Waals surface area contributed by atoms with Crippen molar-refractivity contribution in [1.29, 1.82) is 0 Å². The molecule has 178 valence electrons. The molecule has 2 aliphatic rings. The molecular weight excluding hydrogens is 434 g/mol. The van der Waals surface area contributed by atoms with Crippen LogP contribution in [-0.4, -0.2) is 73.4 Å². The minimum atomic E-state index is -0.424. The van der Waals surface area contributed by atoms with Crippen LogP contribution in [0, 0.1) is 0 Å². The van der Waals surface area contributed by atoms with Crippen molar-refractivity contribution in [3.63, 3.8) is 0 Å². The average Bonchev–Trinajstić information content (AvgIpc) is 3.14. The van der Waals surface area contributed by atoms with Crippen molar-refractivity contribution < 1.29 is 19.7 Å². The quantitative estimate of drug-likeness (QED) is 0.600. The van der Waals surface area contributed by atoms with Gasteiger partial charge in [-0.05, 0) is 43.9 Å². The van der Waals surface area contributed by atoms with E-state index in [1.807, 2.05) is 18.2 Å². The maximum Gasteiger partial charge on any atom is 0.416 e. The van der Waals surface area contributed by atoms with E-state index in [9.17, 15) is 15.0 Å². The van der Waals surface area contributed by atoms with Crippen LogP contribution in [0.15, 0.2) is 42.7 Å². The van der Waals surface area contributed by atoms with Gasteiger partial charge >= 0.3 is 6.09 Å². The van der Waals surface area contributed by atoms with Crippen molar-refractivity contribution in [2.75, 3.05) is 32.7 Å². The van der Waals surface area contributed by atoms with Gasteiger partial charge < -0.3 is 19.8 Å². The van der Waals surface area contributed by atoms with Crippen LogP contribution in [-0.2, 0) is 19.3 Å². The van der Waals surface area contributed by atoms with E-state index in [4.69, 9.17) is 4.74 Å². The number of hydrogen-bond donors (Lipinski definition) is 2. The van der Waals surface area contributed by atoms with Gasteiger partial charge in [-0.25, -0.2) is 14.3 Å². The van der Waals surface area contributed by atoms with E-state index in [0.29, 0.717) is 18.8 Å². The number of amides is 1. The van der Waals surface area contributed by atoms with Gasteiger partial charge in [0.1, 0.15) is 0 Å². The first-order valence-electron chi connectivity index (χ1n) is 11.8. The van der Waals surface area contributed by atoms with Crippen molar-refractivity contribution in [2.24, 2.45) is 0 Å². The molecule has 1 aliphatic heterocycles. The van der Waals surface area contributed by atoms with Crippen LogP contribution in [0.25, 0.3) is 5.69 Å². The first-order chi connectivity index (χ1) is 16.6. The molecule has 0 aromatic carbocycles. The first-order valence-corrected chi connectivity index (χ1v) is 11.8. The van der Waals surface area contributed by atoms with Crippen molar-refractivity contribution in [2.45, 2.75) is 32.1 Å². The summed E-state index contributed by atoms with van der Waals surface area (Å²) in [5, 5.41) is 21.2. The van der Waals surface area contributed by atoms with Crippen LogP contribution < -0.4 is 4.74 Å². The Kier molecular flexibility index (Phi) is 6.35. The number of nitrogens with zero attached hydrogens (tertiary/aromatic N) is 5. The second-order valence-corrected chi connectivity index (χ2v) is 8.77. The normalized spacial score (nSPS) is 16.3. The summed E-state index contributed by atoms with van der Waals surface area (Å²) in [5.41, 5.74) is 3.20. The largest absolute Gasteiger partial charge is 0.494 e. The van der Waals surface area contributed by atoms with Crippen LogP contribution in [0.1, 0.15) is 29.7 Å². The molecule has 0 saturated carbocycles. The topological polar surface area (TPSA) is 104 Å². The third-order valence-electron chi connectivity index (χ3n) is 6.64. The van der Waals surface area contributed by atoms with Gasteiger partial charge in [0, 0.05) is 68.2 Å². The zero-order valence-corrected chi connectivity index (χ0v) is 19.1. The van der Waals surface area contributed by atoms with Crippen LogP contribution >= 0.6 is 0 Å². The zero-order chi connectivity index (χ0) is 23.5. The Morgan fingerprint density at radius 1 is 0.941 bits per heavy atom. The Morgan fingerprint density at radius 2 is 1.68 bits per heavy atom. The summed E-state index contributed by atoms with van der Waals surface area (Å²) >= 11 is 0. The van der Waals surface area contributed by atoms with E-state index in [2.05, 4.69) is 14.9 Å². The van der Waals surface area contributed by atoms with E-state index < -0.39 is 6.09 Å². The number of piperazine rings is 1. The Morgan fingerprint density at radius 3 is 2.29 bits per heavy atom. The predicted octanol–water partition coefficient (Wildman–Crippen LogP) is 2.92. The van der Waals surface area contributed by atoms with Gasteiger partial charge in [-0.1, -0.05) is 6.07 Å². The molecule has 34 heavy (non-hydrogen) atoms. The fourth-order valence-corrected chi connectivity index (χ4v) is 4.71. The fourth-order valence-electron chi connectivity index (χ4n) is 4.71. The third-order valence-corrected chi connectivity index (χ3v) is 6.64. The number of carbonyl (C=O) groups excluding carboxylic acids is 1. The Hall–Kier alpha value is -3.59. The summed E-state index contributed by atoms with van der Waals surface area (Å²) in [7, 11) is 0. The number of fused-ring (bicyclic) bond motifs is 1. The monoisotopic (exact) mass is 463 g/mol.